The second-order valence-corrected chi connectivity index (χ2v) is 6.13. The number of hydrogen-bond acceptors (Lipinski definition) is 3. The molecule has 3 atom stereocenters. The molecule has 1 aromatic heterocycles. The third-order valence-electron chi connectivity index (χ3n) is 5.03. The number of likely N-dealkylation sites (tertiary alicyclic amines) is 1. The molecule has 1 aromatic rings. The van der Waals surface area contributed by atoms with Crippen molar-refractivity contribution in [3.63, 3.8) is 0 Å². The van der Waals surface area contributed by atoms with E-state index in [1.54, 1.807) is 0 Å². The van der Waals surface area contributed by atoms with E-state index in [2.05, 4.69) is 23.8 Å². The van der Waals surface area contributed by atoms with Crippen LogP contribution >= 0.6 is 12.4 Å². The molecule has 19 heavy (non-hydrogen) atoms. The van der Waals surface area contributed by atoms with Crippen molar-refractivity contribution in [3.8, 4) is 0 Å². The fourth-order valence-corrected chi connectivity index (χ4v) is 3.80. The van der Waals surface area contributed by atoms with Crippen LogP contribution < -0.4 is 5.73 Å². The maximum atomic E-state index is 6.20. The van der Waals surface area contributed by atoms with Crippen molar-refractivity contribution in [2.75, 3.05) is 13.1 Å². The van der Waals surface area contributed by atoms with Crippen LogP contribution in [-0.2, 0) is 13.6 Å². The lowest BCUT2D eigenvalue weighted by molar-refractivity contribution is 0.297. The van der Waals surface area contributed by atoms with Crippen LogP contribution in [0.25, 0.3) is 0 Å². The molecule has 3 unspecified atom stereocenters. The zero-order valence-electron chi connectivity index (χ0n) is 12.1. The molecule has 3 rings (SSSR count). The van der Waals surface area contributed by atoms with Crippen LogP contribution in [0, 0.1) is 25.7 Å². The highest BCUT2D eigenvalue weighted by molar-refractivity contribution is 5.85. The standard InChI is InChI=1S/C14H24N4.ClH/c1-9-12(10(2)17(3)16-9)7-18-6-11-4-5-14(15)13(11)8-18;/h11,13-14H,4-8,15H2,1-3H3;1H. The third-order valence-corrected chi connectivity index (χ3v) is 5.03. The average Bonchev–Trinajstić information content (AvgIpc) is 2.93. The smallest absolute Gasteiger partial charge is 0.0641 e. The Morgan fingerprint density at radius 2 is 2.00 bits per heavy atom. The van der Waals surface area contributed by atoms with Gasteiger partial charge in [-0.2, -0.15) is 5.10 Å². The Morgan fingerprint density at radius 1 is 1.26 bits per heavy atom. The van der Waals surface area contributed by atoms with Gasteiger partial charge < -0.3 is 5.73 Å². The molecular weight excluding hydrogens is 260 g/mol. The summed E-state index contributed by atoms with van der Waals surface area (Å²) in [4.78, 5) is 2.57. The summed E-state index contributed by atoms with van der Waals surface area (Å²) < 4.78 is 1.99. The summed E-state index contributed by atoms with van der Waals surface area (Å²) in [7, 11) is 2.03. The summed E-state index contributed by atoms with van der Waals surface area (Å²) in [5.41, 5.74) is 10.1. The van der Waals surface area contributed by atoms with Gasteiger partial charge in [0.2, 0.25) is 0 Å². The Balaban J connectivity index is 0.00000133. The minimum absolute atomic E-state index is 0. The zero-order chi connectivity index (χ0) is 12.9. The number of rotatable bonds is 2. The molecule has 2 aliphatic rings. The minimum atomic E-state index is 0. The molecule has 1 saturated carbocycles. The molecule has 2 N–H and O–H groups in total. The van der Waals surface area contributed by atoms with Gasteiger partial charge in [0, 0.05) is 44.0 Å². The monoisotopic (exact) mass is 284 g/mol. The second-order valence-electron chi connectivity index (χ2n) is 6.13. The largest absolute Gasteiger partial charge is 0.327 e. The normalized spacial score (nSPS) is 30.4. The van der Waals surface area contributed by atoms with E-state index in [0.29, 0.717) is 6.04 Å². The minimum Gasteiger partial charge on any atom is -0.327 e. The first-order valence-corrected chi connectivity index (χ1v) is 7.03. The number of nitrogens with two attached hydrogens (primary N) is 1. The summed E-state index contributed by atoms with van der Waals surface area (Å²) >= 11 is 0. The van der Waals surface area contributed by atoms with E-state index in [1.165, 1.54) is 42.9 Å². The van der Waals surface area contributed by atoms with Gasteiger partial charge in [-0.05, 0) is 38.5 Å². The van der Waals surface area contributed by atoms with Crippen molar-refractivity contribution in [1.29, 1.82) is 0 Å². The highest BCUT2D eigenvalue weighted by Gasteiger charge is 2.40. The highest BCUT2D eigenvalue weighted by atomic mass is 35.5. The quantitative estimate of drug-likeness (QED) is 0.898. The second kappa shape index (κ2) is 5.43. The number of halogens is 1. The molecule has 1 saturated heterocycles. The van der Waals surface area contributed by atoms with Gasteiger partial charge in [-0.3, -0.25) is 9.58 Å². The molecule has 0 spiro atoms. The Kier molecular flexibility index (Phi) is 4.23. The van der Waals surface area contributed by atoms with Crippen molar-refractivity contribution in [3.05, 3.63) is 17.0 Å². The molecular formula is C14H25ClN4. The van der Waals surface area contributed by atoms with Gasteiger partial charge in [0.25, 0.3) is 0 Å². The Labute approximate surface area is 121 Å². The summed E-state index contributed by atoms with van der Waals surface area (Å²) in [6.07, 6.45) is 2.56. The Bertz CT molecular complexity index is 457. The first-order chi connectivity index (χ1) is 8.56. The average molecular weight is 285 g/mol. The summed E-state index contributed by atoms with van der Waals surface area (Å²) in [6, 6.07) is 0.441. The van der Waals surface area contributed by atoms with Gasteiger partial charge in [-0.25, -0.2) is 0 Å². The molecule has 0 radical (unpaired) electrons. The number of aromatic nitrogens is 2. The van der Waals surface area contributed by atoms with Gasteiger partial charge in [0.1, 0.15) is 0 Å². The van der Waals surface area contributed by atoms with Crippen LogP contribution in [0.1, 0.15) is 29.8 Å². The number of nitrogens with zero attached hydrogens (tertiary/aromatic N) is 3. The maximum absolute atomic E-state index is 6.20. The van der Waals surface area contributed by atoms with Crippen molar-refractivity contribution < 1.29 is 0 Å². The Hall–Kier alpha value is -0.580. The predicted molar refractivity (Wildman–Crippen MR) is 79.4 cm³/mol. The topological polar surface area (TPSA) is 47.1 Å². The first kappa shape index (κ1) is 14.8. The molecule has 5 heteroatoms. The van der Waals surface area contributed by atoms with Crippen LogP contribution in [-0.4, -0.2) is 33.8 Å². The molecule has 4 nitrogen and oxygen atoms in total. The number of aryl methyl sites for hydroxylation is 2. The maximum Gasteiger partial charge on any atom is 0.0641 e. The van der Waals surface area contributed by atoms with Crippen molar-refractivity contribution in [1.82, 2.24) is 14.7 Å². The summed E-state index contributed by atoms with van der Waals surface area (Å²) in [6.45, 7) is 7.74. The lowest BCUT2D eigenvalue weighted by Gasteiger charge is -2.18. The van der Waals surface area contributed by atoms with E-state index >= 15 is 0 Å². The molecule has 0 amide bonds. The molecule has 0 aromatic carbocycles. The Morgan fingerprint density at radius 3 is 2.58 bits per heavy atom. The SMILES string of the molecule is Cc1nn(C)c(C)c1CN1CC2CCC(N)C2C1.Cl. The molecule has 0 bridgehead atoms. The van der Waals surface area contributed by atoms with Gasteiger partial charge in [0.15, 0.2) is 0 Å². The lowest BCUT2D eigenvalue weighted by Crippen LogP contribution is -2.30. The fraction of sp³-hybridized carbons (Fsp3) is 0.786. The van der Waals surface area contributed by atoms with Crippen LogP contribution in [0.2, 0.25) is 0 Å². The van der Waals surface area contributed by atoms with Crippen LogP contribution in [0.3, 0.4) is 0 Å². The van der Waals surface area contributed by atoms with Crippen molar-refractivity contribution in [2.45, 2.75) is 39.3 Å². The lowest BCUT2D eigenvalue weighted by atomic mass is 9.98. The van der Waals surface area contributed by atoms with Crippen molar-refractivity contribution >= 4 is 12.4 Å². The number of fused-ring (bicyclic) bond motifs is 1. The summed E-state index contributed by atoms with van der Waals surface area (Å²) in [5.74, 6) is 1.58. The fourth-order valence-electron chi connectivity index (χ4n) is 3.80. The van der Waals surface area contributed by atoms with E-state index in [0.717, 1.165) is 18.4 Å². The zero-order valence-corrected chi connectivity index (χ0v) is 12.9. The van der Waals surface area contributed by atoms with Gasteiger partial charge >= 0.3 is 0 Å². The van der Waals surface area contributed by atoms with Crippen LogP contribution in [0.4, 0.5) is 0 Å². The van der Waals surface area contributed by atoms with Gasteiger partial charge in [0.05, 0.1) is 5.69 Å². The van der Waals surface area contributed by atoms with Gasteiger partial charge in [-0.1, -0.05) is 0 Å². The van der Waals surface area contributed by atoms with Crippen LogP contribution in [0.15, 0.2) is 0 Å². The van der Waals surface area contributed by atoms with E-state index in [4.69, 9.17) is 5.73 Å². The van der Waals surface area contributed by atoms with Crippen LogP contribution in [0.5, 0.6) is 0 Å². The molecule has 1 aliphatic heterocycles. The highest BCUT2D eigenvalue weighted by Crippen LogP contribution is 2.37. The van der Waals surface area contributed by atoms with E-state index in [9.17, 15) is 0 Å². The van der Waals surface area contributed by atoms with Gasteiger partial charge in [-0.15, -0.1) is 12.4 Å². The molecule has 2 heterocycles. The summed E-state index contributed by atoms with van der Waals surface area (Å²) in [5, 5.41) is 4.51. The molecule has 2 fully saturated rings. The third kappa shape index (κ3) is 2.54. The van der Waals surface area contributed by atoms with E-state index in [-0.39, 0.29) is 12.4 Å². The van der Waals surface area contributed by atoms with E-state index in [1.807, 2.05) is 11.7 Å². The molecule has 1 aliphatic carbocycles. The van der Waals surface area contributed by atoms with E-state index < -0.39 is 0 Å². The van der Waals surface area contributed by atoms with Crippen molar-refractivity contribution in [2.24, 2.45) is 24.6 Å². The number of hydrogen-bond donors (Lipinski definition) is 1. The predicted octanol–water partition coefficient (Wildman–Crippen LogP) is 1.63. The molecule has 108 valence electrons. The first-order valence-electron chi connectivity index (χ1n) is 7.03.